The summed E-state index contributed by atoms with van der Waals surface area (Å²) in [4.78, 5) is 24.0. The summed E-state index contributed by atoms with van der Waals surface area (Å²) in [6, 6.07) is 12.0. The van der Waals surface area contributed by atoms with E-state index < -0.39 is 12.0 Å². The van der Waals surface area contributed by atoms with Gasteiger partial charge >= 0.3 is 5.97 Å². The average molecular weight is 500 g/mol. The molecule has 1 aromatic carbocycles. The minimum Gasteiger partial charge on any atom is -0.494 e. The number of hydrogen-bond donors (Lipinski definition) is 3. The molecule has 35 heavy (non-hydrogen) atoms. The van der Waals surface area contributed by atoms with Gasteiger partial charge in [-0.05, 0) is 49.1 Å². The summed E-state index contributed by atoms with van der Waals surface area (Å²) < 4.78 is 5.77. The fourth-order valence-corrected chi connectivity index (χ4v) is 4.42. The number of thiophene rings is 1. The molecule has 0 aliphatic rings. The van der Waals surface area contributed by atoms with Crippen LogP contribution >= 0.6 is 11.3 Å². The molecule has 0 bridgehead atoms. The quantitative estimate of drug-likeness (QED) is 0.240. The Morgan fingerprint density at radius 1 is 0.943 bits per heavy atom. The number of carboxylic acids is 1. The van der Waals surface area contributed by atoms with E-state index in [1.807, 2.05) is 24.3 Å². The van der Waals surface area contributed by atoms with Crippen LogP contribution in [0.1, 0.15) is 84.3 Å². The third kappa shape index (κ3) is 11.9. The van der Waals surface area contributed by atoms with Crippen molar-refractivity contribution in [3.05, 3.63) is 51.7 Å². The van der Waals surface area contributed by atoms with Gasteiger partial charge in [0.05, 0.1) is 11.5 Å². The Morgan fingerprint density at radius 3 is 2.11 bits per heavy atom. The maximum absolute atomic E-state index is 12.0. The first-order valence-electron chi connectivity index (χ1n) is 12.5. The molecule has 1 unspecified atom stereocenters. The lowest BCUT2D eigenvalue weighted by molar-refractivity contribution is -0.138. The molecule has 0 fully saturated rings. The summed E-state index contributed by atoms with van der Waals surface area (Å²) in [5.74, 6) is -0.273. The van der Waals surface area contributed by atoms with Crippen LogP contribution in [0.3, 0.4) is 0 Å². The van der Waals surface area contributed by atoms with Crippen LogP contribution in [-0.2, 0) is 11.2 Å². The highest BCUT2D eigenvalue weighted by Crippen LogP contribution is 2.16. The van der Waals surface area contributed by atoms with E-state index in [9.17, 15) is 9.59 Å². The molecule has 1 heterocycles. The maximum Gasteiger partial charge on any atom is 0.320 e. The minimum absolute atomic E-state index is 0.0852. The SMILES string of the molecule is N#Cc1ccc(C(=O)NCCCCCCCCCCCCOc2ccc(CC(N)C(=O)O)cc2)s1. The highest BCUT2D eigenvalue weighted by atomic mass is 32.1. The fraction of sp³-hybridized carbons (Fsp3) is 0.519. The van der Waals surface area contributed by atoms with Gasteiger partial charge in [-0.15, -0.1) is 11.3 Å². The fourth-order valence-electron chi connectivity index (χ4n) is 3.70. The van der Waals surface area contributed by atoms with Gasteiger partial charge in [0.25, 0.3) is 5.91 Å². The maximum atomic E-state index is 12.0. The van der Waals surface area contributed by atoms with Crippen molar-refractivity contribution in [2.24, 2.45) is 5.73 Å². The number of rotatable bonds is 18. The van der Waals surface area contributed by atoms with E-state index in [1.54, 1.807) is 12.1 Å². The van der Waals surface area contributed by atoms with Gasteiger partial charge in [0.1, 0.15) is 22.7 Å². The first kappa shape index (κ1) is 28.3. The molecular weight excluding hydrogens is 462 g/mol. The van der Waals surface area contributed by atoms with Crippen LogP contribution in [0.5, 0.6) is 5.75 Å². The number of benzene rings is 1. The highest BCUT2D eigenvalue weighted by Gasteiger charge is 2.12. The summed E-state index contributed by atoms with van der Waals surface area (Å²) in [5, 5.41) is 20.6. The molecule has 1 atom stereocenters. The lowest BCUT2D eigenvalue weighted by atomic mass is 10.1. The summed E-state index contributed by atoms with van der Waals surface area (Å²) in [5.41, 5.74) is 6.45. The molecule has 0 radical (unpaired) electrons. The predicted octanol–water partition coefficient (Wildman–Crippen LogP) is 5.28. The van der Waals surface area contributed by atoms with Gasteiger partial charge in [-0.25, -0.2) is 0 Å². The largest absolute Gasteiger partial charge is 0.494 e. The molecule has 8 heteroatoms. The first-order valence-corrected chi connectivity index (χ1v) is 13.3. The van der Waals surface area contributed by atoms with Gasteiger partial charge < -0.3 is 20.9 Å². The van der Waals surface area contributed by atoms with E-state index in [4.69, 9.17) is 20.8 Å². The molecule has 7 nitrogen and oxygen atoms in total. The zero-order valence-corrected chi connectivity index (χ0v) is 21.2. The number of ether oxygens (including phenoxy) is 1. The predicted molar refractivity (Wildman–Crippen MR) is 139 cm³/mol. The molecule has 0 aliphatic heterocycles. The number of amides is 1. The number of nitrogens with two attached hydrogens (primary N) is 1. The van der Waals surface area contributed by atoms with Gasteiger partial charge in [0, 0.05) is 6.54 Å². The minimum atomic E-state index is -0.990. The number of nitriles is 1. The summed E-state index contributed by atoms with van der Waals surface area (Å²) in [6.45, 7) is 1.38. The molecule has 0 aliphatic carbocycles. The number of unbranched alkanes of at least 4 members (excludes halogenated alkanes) is 9. The first-order chi connectivity index (χ1) is 17.0. The molecule has 0 saturated heterocycles. The van der Waals surface area contributed by atoms with Gasteiger partial charge in [-0.1, -0.05) is 63.5 Å². The Labute approximate surface area is 212 Å². The van der Waals surface area contributed by atoms with E-state index in [0.717, 1.165) is 37.0 Å². The number of carbonyl (C=O) groups is 2. The van der Waals surface area contributed by atoms with Crippen molar-refractivity contribution in [3.8, 4) is 11.8 Å². The van der Waals surface area contributed by atoms with E-state index in [1.165, 1.54) is 49.9 Å². The van der Waals surface area contributed by atoms with Crippen molar-refractivity contribution in [1.29, 1.82) is 5.26 Å². The Morgan fingerprint density at radius 2 is 1.54 bits per heavy atom. The molecule has 1 amide bonds. The molecule has 190 valence electrons. The van der Waals surface area contributed by atoms with Crippen LogP contribution in [0, 0.1) is 11.3 Å². The normalized spacial score (nSPS) is 11.5. The number of aliphatic carboxylic acids is 1. The smallest absolute Gasteiger partial charge is 0.320 e. The van der Waals surface area contributed by atoms with Gasteiger partial charge in [0.2, 0.25) is 0 Å². The van der Waals surface area contributed by atoms with Crippen LogP contribution < -0.4 is 15.8 Å². The molecular formula is C27H37N3O4S. The number of carboxylic acid groups (broad SMARTS) is 1. The third-order valence-electron chi connectivity index (χ3n) is 5.76. The highest BCUT2D eigenvalue weighted by molar-refractivity contribution is 7.14. The Bertz CT molecular complexity index is 937. The van der Waals surface area contributed by atoms with Crippen molar-refractivity contribution in [2.75, 3.05) is 13.2 Å². The van der Waals surface area contributed by atoms with Crippen LogP contribution in [0.4, 0.5) is 0 Å². The molecule has 0 saturated carbocycles. The topological polar surface area (TPSA) is 125 Å². The lowest BCUT2D eigenvalue weighted by Crippen LogP contribution is -2.32. The molecule has 1 aromatic heterocycles. The van der Waals surface area contributed by atoms with Crippen LogP contribution in [0.2, 0.25) is 0 Å². The van der Waals surface area contributed by atoms with Crippen LogP contribution in [0.25, 0.3) is 0 Å². The Kier molecular flexibility index (Phi) is 13.5. The standard InChI is InChI=1S/C27H37N3O4S/c28-20-23-15-16-25(35-23)26(31)30-17-9-7-5-3-1-2-4-6-8-10-18-34-22-13-11-21(12-14-22)19-24(29)27(32)33/h11-16,24H,1-10,17-19,29H2,(H,30,31)(H,32,33). The van der Waals surface area contributed by atoms with E-state index in [0.29, 0.717) is 29.3 Å². The van der Waals surface area contributed by atoms with Crippen molar-refractivity contribution < 1.29 is 19.4 Å². The van der Waals surface area contributed by atoms with Crippen molar-refractivity contribution in [2.45, 2.75) is 76.7 Å². The van der Waals surface area contributed by atoms with E-state index >= 15 is 0 Å². The van der Waals surface area contributed by atoms with Crippen molar-refractivity contribution in [3.63, 3.8) is 0 Å². The number of nitrogens with zero attached hydrogens (tertiary/aromatic N) is 1. The van der Waals surface area contributed by atoms with Crippen molar-refractivity contribution in [1.82, 2.24) is 5.32 Å². The molecule has 0 spiro atoms. The van der Waals surface area contributed by atoms with E-state index in [-0.39, 0.29) is 5.91 Å². The average Bonchev–Trinajstić information content (AvgIpc) is 3.34. The number of hydrogen-bond acceptors (Lipinski definition) is 6. The molecule has 2 aromatic rings. The molecule has 4 N–H and O–H groups in total. The van der Waals surface area contributed by atoms with Crippen LogP contribution in [0.15, 0.2) is 36.4 Å². The van der Waals surface area contributed by atoms with Gasteiger partial charge in [-0.3, -0.25) is 9.59 Å². The molecule has 2 rings (SSSR count). The monoisotopic (exact) mass is 499 g/mol. The van der Waals surface area contributed by atoms with Crippen molar-refractivity contribution >= 4 is 23.2 Å². The zero-order valence-electron chi connectivity index (χ0n) is 20.3. The zero-order chi connectivity index (χ0) is 25.3. The summed E-state index contributed by atoms with van der Waals surface area (Å²) in [6.07, 6.45) is 12.0. The van der Waals surface area contributed by atoms with Gasteiger partial charge in [0.15, 0.2) is 0 Å². The number of nitrogens with one attached hydrogen (secondary N) is 1. The Balaban J connectivity index is 1.36. The summed E-state index contributed by atoms with van der Waals surface area (Å²) in [7, 11) is 0. The third-order valence-corrected chi connectivity index (χ3v) is 6.75. The second-order valence-corrected chi connectivity index (χ2v) is 9.79. The van der Waals surface area contributed by atoms with Crippen LogP contribution in [-0.4, -0.2) is 36.2 Å². The second-order valence-electron chi connectivity index (χ2n) is 8.71. The second kappa shape index (κ2) is 16.7. The summed E-state index contributed by atoms with van der Waals surface area (Å²) >= 11 is 1.23. The Hall–Kier alpha value is -2.89. The van der Waals surface area contributed by atoms with E-state index in [2.05, 4.69) is 11.4 Å². The number of carbonyl (C=O) groups excluding carboxylic acids is 1. The lowest BCUT2D eigenvalue weighted by Gasteiger charge is -2.09. The van der Waals surface area contributed by atoms with Gasteiger partial charge in [-0.2, -0.15) is 5.26 Å².